The van der Waals surface area contributed by atoms with Crippen molar-refractivity contribution in [2.45, 2.75) is 16.7 Å². The standard InChI is InChI=1S/C16H12N4O6S2/c1-11-2-5-14(6-3-11)28(24,25)26-13-4-7-15(16(8-13)27(21,22)23)20-19-12(9-17)10-18/h2-8,20H,1H3,(H,21,22,23). The Hall–Kier alpha value is -3.45. The summed E-state index contributed by atoms with van der Waals surface area (Å²) in [5.41, 5.74) is 2.09. The van der Waals surface area contributed by atoms with E-state index in [9.17, 15) is 21.4 Å². The van der Waals surface area contributed by atoms with E-state index in [1.165, 1.54) is 24.3 Å². The van der Waals surface area contributed by atoms with E-state index in [-0.39, 0.29) is 16.3 Å². The zero-order valence-corrected chi connectivity index (χ0v) is 15.8. The van der Waals surface area contributed by atoms with Gasteiger partial charge in [0, 0.05) is 6.07 Å². The first-order chi connectivity index (χ1) is 13.1. The molecule has 0 aliphatic carbocycles. The summed E-state index contributed by atoms with van der Waals surface area (Å²) < 4.78 is 62.1. The Balaban J connectivity index is 2.43. The van der Waals surface area contributed by atoms with Crippen LogP contribution in [0.15, 0.2) is 57.4 Å². The highest BCUT2D eigenvalue weighted by molar-refractivity contribution is 7.87. The third-order valence-corrected chi connectivity index (χ3v) is 5.40. The van der Waals surface area contributed by atoms with Gasteiger partial charge >= 0.3 is 10.1 Å². The molecule has 2 rings (SSSR count). The molecule has 10 nitrogen and oxygen atoms in total. The summed E-state index contributed by atoms with van der Waals surface area (Å²) in [4.78, 5) is -0.908. The highest BCUT2D eigenvalue weighted by Gasteiger charge is 2.21. The third-order valence-electron chi connectivity index (χ3n) is 3.25. The average molecular weight is 420 g/mol. The van der Waals surface area contributed by atoms with Crippen molar-refractivity contribution in [2.24, 2.45) is 5.10 Å². The van der Waals surface area contributed by atoms with Crippen LogP contribution in [0, 0.1) is 29.6 Å². The molecule has 0 radical (unpaired) electrons. The van der Waals surface area contributed by atoms with Crippen LogP contribution < -0.4 is 9.61 Å². The molecule has 28 heavy (non-hydrogen) atoms. The predicted octanol–water partition coefficient (Wildman–Crippen LogP) is 1.82. The molecule has 0 spiro atoms. The number of nitrogens with zero attached hydrogens (tertiary/aromatic N) is 3. The van der Waals surface area contributed by atoms with Gasteiger partial charge in [-0.2, -0.15) is 32.5 Å². The molecule has 0 unspecified atom stereocenters. The molecule has 12 heteroatoms. The van der Waals surface area contributed by atoms with Gasteiger partial charge in [-0.05, 0) is 31.2 Å². The van der Waals surface area contributed by atoms with E-state index in [2.05, 4.69) is 10.5 Å². The quantitative estimate of drug-likeness (QED) is 0.306. The lowest BCUT2D eigenvalue weighted by molar-refractivity contribution is 0.475. The van der Waals surface area contributed by atoms with Crippen molar-refractivity contribution in [1.29, 1.82) is 10.5 Å². The molecule has 0 saturated heterocycles. The summed E-state index contributed by atoms with van der Waals surface area (Å²) in [5.74, 6) is -0.386. The largest absolute Gasteiger partial charge is 0.379 e. The molecule has 2 aromatic carbocycles. The SMILES string of the molecule is Cc1ccc(S(=O)(=O)Oc2ccc(NN=C(C#N)C#N)c(S(=O)(=O)O)c2)cc1. The van der Waals surface area contributed by atoms with Gasteiger partial charge in [0.25, 0.3) is 10.1 Å². The maximum absolute atomic E-state index is 12.3. The van der Waals surface area contributed by atoms with Gasteiger partial charge < -0.3 is 4.18 Å². The highest BCUT2D eigenvalue weighted by Crippen LogP contribution is 2.28. The molecule has 144 valence electrons. The van der Waals surface area contributed by atoms with Crippen molar-refractivity contribution < 1.29 is 25.6 Å². The molecule has 0 heterocycles. The number of nitriles is 2. The van der Waals surface area contributed by atoms with Crippen molar-refractivity contribution in [1.82, 2.24) is 0 Å². The zero-order chi connectivity index (χ0) is 20.9. The number of nitrogens with one attached hydrogen (secondary N) is 1. The van der Waals surface area contributed by atoms with Gasteiger partial charge in [0.2, 0.25) is 5.71 Å². The van der Waals surface area contributed by atoms with Crippen LogP contribution in [-0.2, 0) is 20.2 Å². The molecule has 0 aliphatic rings. The Bertz CT molecular complexity index is 1210. The Morgan fingerprint density at radius 3 is 2.21 bits per heavy atom. The Kier molecular flexibility index (Phi) is 6.00. The molecule has 0 aliphatic heterocycles. The number of anilines is 1. The van der Waals surface area contributed by atoms with Gasteiger partial charge in [-0.15, -0.1) is 0 Å². The summed E-state index contributed by atoms with van der Waals surface area (Å²) in [6, 6.07) is 11.6. The maximum Gasteiger partial charge on any atom is 0.339 e. The van der Waals surface area contributed by atoms with Crippen molar-refractivity contribution in [3.05, 3.63) is 48.0 Å². The fraction of sp³-hybridized carbons (Fsp3) is 0.0625. The first-order valence-electron chi connectivity index (χ1n) is 7.33. The minimum Gasteiger partial charge on any atom is -0.379 e. The number of hydrogen-bond acceptors (Lipinski definition) is 9. The molecule has 0 aromatic heterocycles. The van der Waals surface area contributed by atoms with E-state index in [0.717, 1.165) is 23.8 Å². The first kappa shape index (κ1) is 20.9. The first-order valence-corrected chi connectivity index (χ1v) is 10.2. The maximum atomic E-state index is 12.3. The van der Waals surface area contributed by atoms with Gasteiger partial charge in [0.15, 0.2) is 0 Å². The van der Waals surface area contributed by atoms with E-state index in [0.29, 0.717) is 0 Å². The van der Waals surface area contributed by atoms with Gasteiger partial charge in [-0.3, -0.25) is 9.98 Å². The van der Waals surface area contributed by atoms with Crippen LogP contribution in [0.2, 0.25) is 0 Å². The average Bonchev–Trinajstić information content (AvgIpc) is 2.62. The molecule has 0 bridgehead atoms. The van der Waals surface area contributed by atoms with Crippen LogP contribution in [0.25, 0.3) is 0 Å². The van der Waals surface area contributed by atoms with Crippen molar-refractivity contribution >= 4 is 31.6 Å². The molecule has 0 fully saturated rings. The minimum atomic E-state index is -4.82. The Morgan fingerprint density at radius 1 is 1.07 bits per heavy atom. The fourth-order valence-corrected chi connectivity index (χ4v) is 3.51. The van der Waals surface area contributed by atoms with Gasteiger partial charge in [0.1, 0.15) is 27.7 Å². The lowest BCUT2D eigenvalue weighted by atomic mass is 10.2. The number of hydrazone groups is 1. The third kappa shape index (κ3) is 5.05. The summed E-state index contributed by atoms with van der Waals surface area (Å²) in [5, 5.41) is 20.6. The normalized spacial score (nSPS) is 11.0. The molecule has 0 saturated carbocycles. The molecule has 2 aromatic rings. The van der Waals surface area contributed by atoms with Crippen molar-refractivity contribution in [3.8, 4) is 17.9 Å². The van der Waals surface area contributed by atoms with E-state index in [1.807, 2.05) is 0 Å². The monoisotopic (exact) mass is 420 g/mol. The summed E-state index contributed by atoms with van der Waals surface area (Å²) >= 11 is 0. The second-order valence-electron chi connectivity index (χ2n) is 5.28. The van der Waals surface area contributed by atoms with Crippen LogP contribution in [0.5, 0.6) is 5.75 Å². The van der Waals surface area contributed by atoms with Crippen LogP contribution in [0.3, 0.4) is 0 Å². The lowest BCUT2D eigenvalue weighted by Crippen LogP contribution is -2.11. The van der Waals surface area contributed by atoms with Crippen molar-refractivity contribution in [2.75, 3.05) is 5.43 Å². The summed E-state index contributed by atoms with van der Waals surface area (Å²) in [7, 11) is -9.06. The summed E-state index contributed by atoms with van der Waals surface area (Å²) in [6.45, 7) is 1.77. The van der Waals surface area contributed by atoms with Gasteiger partial charge in [-0.25, -0.2) is 0 Å². The molecular formula is C16H12N4O6S2. The smallest absolute Gasteiger partial charge is 0.339 e. The van der Waals surface area contributed by atoms with Gasteiger partial charge in [-0.1, -0.05) is 17.7 Å². The molecular weight excluding hydrogens is 408 g/mol. The second kappa shape index (κ2) is 8.06. The predicted molar refractivity (Wildman–Crippen MR) is 97.5 cm³/mol. The van der Waals surface area contributed by atoms with Crippen molar-refractivity contribution in [3.63, 3.8) is 0 Å². The minimum absolute atomic E-state index is 0.147. The Labute approximate surface area is 161 Å². The number of hydrogen-bond donors (Lipinski definition) is 2. The van der Waals surface area contributed by atoms with Crippen LogP contribution >= 0.6 is 0 Å². The van der Waals surface area contributed by atoms with E-state index in [4.69, 9.17) is 14.7 Å². The Morgan fingerprint density at radius 2 is 1.68 bits per heavy atom. The number of aryl methyl sites for hydroxylation is 1. The lowest BCUT2D eigenvalue weighted by Gasteiger charge is -2.11. The molecule has 0 atom stereocenters. The topological polar surface area (TPSA) is 170 Å². The molecule has 0 amide bonds. The second-order valence-corrected chi connectivity index (χ2v) is 8.22. The number of benzene rings is 2. The number of rotatable bonds is 6. The summed E-state index contributed by atoms with van der Waals surface area (Å²) in [6.07, 6.45) is 0. The van der Waals surface area contributed by atoms with E-state index < -0.39 is 30.8 Å². The van der Waals surface area contributed by atoms with E-state index in [1.54, 1.807) is 19.1 Å². The van der Waals surface area contributed by atoms with E-state index >= 15 is 0 Å². The zero-order valence-electron chi connectivity index (χ0n) is 14.2. The fourth-order valence-electron chi connectivity index (χ4n) is 1.93. The van der Waals surface area contributed by atoms with Crippen LogP contribution in [0.4, 0.5) is 5.69 Å². The van der Waals surface area contributed by atoms with Gasteiger partial charge in [0.05, 0.1) is 5.69 Å². The highest BCUT2D eigenvalue weighted by atomic mass is 32.2. The molecule has 2 N–H and O–H groups in total. The van der Waals surface area contributed by atoms with Crippen LogP contribution in [0.1, 0.15) is 5.56 Å². The van der Waals surface area contributed by atoms with Crippen LogP contribution in [-0.4, -0.2) is 27.1 Å².